The number of hydrogen-bond acceptors (Lipinski definition) is 3. The number of halogens is 2. The Hall–Kier alpha value is 0.640. The first-order valence-corrected chi connectivity index (χ1v) is 7.20. The third-order valence-corrected chi connectivity index (χ3v) is 5.06. The second-order valence-electron chi connectivity index (χ2n) is 2.30. The molecule has 0 radical (unpaired) electrons. The number of nitrogens with zero attached hydrogens (tertiary/aromatic N) is 1. The van der Waals surface area contributed by atoms with Gasteiger partial charge in [0.05, 0.1) is 0 Å². The molecule has 1 fully saturated rings. The van der Waals surface area contributed by atoms with Crippen molar-refractivity contribution in [2.24, 2.45) is 0 Å². The Morgan fingerprint density at radius 1 is 1.50 bits per heavy atom. The molecule has 0 spiro atoms. The maximum absolute atomic E-state index is 11.0. The fraction of sp³-hybridized carbons (Fsp3) is 1.00. The van der Waals surface area contributed by atoms with E-state index in [9.17, 15) is 12.6 Å². The van der Waals surface area contributed by atoms with Crippen molar-refractivity contribution in [3.05, 3.63) is 0 Å². The van der Waals surface area contributed by atoms with E-state index in [0.29, 0.717) is 0 Å². The smallest absolute Gasteiger partial charge is 0.258 e. The van der Waals surface area contributed by atoms with Crippen LogP contribution < -0.4 is 0 Å². The summed E-state index contributed by atoms with van der Waals surface area (Å²) in [5, 5.41) is 0. The first kappa shape index (κ1) is 10.7. The Bertz CT molecular complexity index is 291. The monoisotopic (exact) mass is 251 g/mol. The Morgan fingerprint density at radius 2 is 2.08 bits per heavy atom. The molecule has 12 heavy (non-hydrogen) atoms. The molecule has 0 aromatic rings. The summed E-state index contributed by atoms with van der Waals surface area (Å²) in [7, 11) is 0.230. The van der Waals surface area contributed by atoms with Crippen molar-refractivity contribution in [1.29, 1.82) is 0 Å². The van der Waals surface area contributed by atoms with E-state index in [-0.39, 0.29) is 18.8 Å². The predicted molar refractivity (Wildman–Crippen MR) is 49.0 cm³/mol. The van der Waals surface area contributed by atoms with Crippen LogP contribution in [0.5, 0.6) is 0 Å². The van der Waals surface area contributed by atoms with E-state index >= 15 is 0 Å². The normalized spacial score (nSPS) is 33.5. The van der Waals surface area contributed by atoms with Gasteiger partial charge in [0.15, 0.2) is 0 Å². The summed E-state index contributed by atoms with van der Waals surface area (Å²) in [6.45, 7) is 0.210. The lowest BCUT2D eigenvalue weighted by atomic mass is 10.6. The SMILES string of the molecule is O=S1CCN(S(=O)(=O)Cl)CC1Cl. The van der Waals surface area contributed by atoms with Crippen LogP contribution in [0.25, 0.3) is 0 Å². The van der Waals surface area contributed by atoms with E-state index in [4.69, 9.17) is 22.3 Å². The maximum Gasteiger partial charge on any atom is 0.299 e. The highest BCUT2D eigenvalue weighted by Crippen LogP contribution is 2.17. The summed E-state index contributed by atoms with van der Waals surface area (Å²) in [6.07, 6.45) is 0. The second-order valence-corrected chi connectivity index (χ2v) is 7.33. The van der Waals surface area contributed by atoms with Gasteiger partial charge in [0.25, 0.3) is 9.24 Å². The summed E-state index contributed by atoms with van der Waals surface area (Å²) < 4.78 is 32.9. The van der Waals surface area contributed by atoms with Gasteiger partial charge in [-0.1, -0.05) is 0 Å². The van der Waals surface area contributed by atoms with Crippen LogP contribution in [0, 0.1) is 0 Å². The molecule has 2 atom stereocenters. The van der Waals surface area contributed by atoms with Gasteiger partial charge in [-0.05, 0) is 0 Å². The van der Waals surface area contributed by atoms with Crippen molar-refractivity contribution < 1.29 is 12.6 Å². The molecule has 0 saturated carbocycles. The first-order valence-electron chi connectivity index (χ1n) is 3.12. The van der Waals surface area contributed by atoms with Gasteiger partial charge in [-0.15, -0.1) is 11.6 Å². The van der Waals surface area contributed by atoms with Crippen molar-refractivity contribution >= 4 is 42.3 Å². The van der Waals surface area contributed by atoms with Gasteiger partial charge in [-0.25, -0.2) is 0 Å². The zero-order valence-corrected chi connectivity index (χ0v) is 9.09. The minimum absolute atomic E-state index is 0.0278. The van der Waals surface area contributed by atoms with Gasteiger partial charge in [0.1, 0.15) is 4.71 Å². The van der Waals surface area contributed by atoms with E-state index in [2.05, 4.69) is 0 Å². The van der Waals surface area contributed by atoms with E-state index < -0.39 is 24.7 Å². The summed E-state index contributed by atoms with van der Waals surface area (Å²) in [4.78, 5) is 0. The molecule has 8 heteroatoms. The fourth-order valence-electron chi connectivity index (χ4n) is 0.852. The lowest BCUT2D eigenvalue weighted by molar-refractivity contribution is 0.443. The number of alkyl halides is 1. The lowest BCUT2D eigenvalue weighted by Crippen LogP contribution is -2.43. The molecule has 1 heterocycles. The van der Waals surface area contributed by atoms with Gasteiger partial charge in [-0.3, -0.25) is 4.21 Å². The van der Waals surface area contributed by atoms with Crippen LogP contribution in [-0.2, 0) is 20.0 Å². The van der Waals surface area contributed by atoms with Crippen LogP contribution in [0.4, 0.5) is 0 Å². The molecule has 1 aliphatic heterocycles. The van der Waals surface area contributed by atoms with Crippen LogP contribution in [0.2, 0.25) is 0 Å². The molecule has 1 aliphatic rings. The van der Waals surface area contributed by atoms with Crippen LogP contribution in [0.15, 0.2) is 0 Å². The van der Waals surface area contributed by atoms with Gasteiger partial charge in [0.2, 0.25) is 0 Å². The molecule has 0 aromatic carbocycles. The summed E-state index contributed by atoms with van der Waals surface area (Å²) >= 11 is 5.60. The van der Waals surface area contributed by atoms with Crippen LogP contribution in [0.1, 0.15) is 0 Å². The molecule has 0 N–H and O–H groups in total. The minimum Gasteiger partial charge on any atom is -0.258 e. The summed E-state index contributed by atoms with van der Waals surface area (Å²) in [6, 6.07) is 0. The highest BCUT2D eigenvalue weighted by atomic mass is 35.7. The number of rotatable bonds is 1. The Labute approximate surface area is 82.8 Å². The van der Waals surface area contributed by atoms with Crippen molar-refractivity contribution in [1.82, 2.24) is 4.31 Å². The first-order chi connectivity index (χ1) is 5.41. The molecular formula is C4H7Cl2NO3S2. The topological polar surface area (TPSA) is 54.5 Å². The third-order valence-electron chi connectivity index (χ3n) is 1.48. The zero-order valence-electron chi connectivity index (χ0n) is 5.94. The fourth-order valence-corrected chi connectivity index (χ4v) is 3.59. The molecule has 1 rings (SSSR count). The molecule has 1 saturated heterocycles. The van der Waals surface area contributed by atoms with Crippen LogP contribution >= 0.6 is 22.3 Å². The van der Waals surface area contributed by atoms with Gasteiger partial charge in [0, 0.05) is 40.3 Å². The summed E-state index contributed by atoms with van der Waals surface area (Å²) in [5.74, 6) is 0.250. The lowest BCUT2D eigenvalue weighted by Gasteiger charge is -2.25. The van der Waals surface area contributed by atoms with Crippen LogP contribution in [-0.4, -0.2) is 40.5 Å². The van der Waals surface area contributed by atoms with Crippen molar-refractivity contribution in [2.75, 3.05) is 18.8 Å². The predicted octanol–water partition coefficient (Wildman–Crippen LogP) is 0.0992. The minimum atomic E-state index is -3.70. The standard InChI is InChI=1S/C4H7Cl2NO3S2/c5-4-3-7(12(6,9)10)1-2-11(4)8/h4H,1-3H2. The van der Waals surface area contributed by atoms with E-state index in [1.807, 2.05) is 0 Å². The quantitative estimate of drug-likeness (QED) is 0.491. The molecular weight excluding hydrogens is 245 g/mol. The Morgan fingerprint density at radius 3 is 2.50 bits per heavy atom. The van der Waals surface area contributed by atoms with Gasteiger partial charge >= 0.3 is 0 Å². The highest BCUT2D eigenvalue weighted by molar-refractivity contribution is 8.11. The molecule has 0 aliphatic carbocycles. The molecule has 0 aromatic heterocycles. The number of hydrogen-bond donors (Lipinski definition) is 0. The molecule has 72 valence electrons. The van der Waals surface area contributed by atoms with Crippen LogP contribution in [0.3, 0.4) is 0 Å². The molecule has 2 unspecified atom stereocenters. The summed E-state index contributed by atoms with van der Waals surface area (Å²) in [5.41, 5.74) is 0. The largest absolute Gasteiger partial charge is 0.299 e. The van der Waals surface area contributed by atoms with E-state index in [1.54, 1.807) is 0 Å². The zero-order chi connectivity index (χ0) is 9.35. The van der Waals surface area contributed by atoms with Crippen molar-refractivity contribution in [2.45, 2.75) is 4.71 Å². The van der Waals surface area contributed by atoms with Gasteiger partial charge < -0.3 is 0 Å². The molecule has 4 nitrogen and oxygen atoms in total. The second kappa shape index (κ2) is 3.79. The maximum atomic E-state index is 11.0. The third kappa shape index (κ3) is 2.56. The Balaban J connectivity index is 2.70. The molecule has 0 bridgehead atoms. The average Bonchev–Trinajstić information content (AvgIpc) is 1.92. The van der Waals surface area contributed by atoms with E-state index in [1.165, 1.54) is 0 Å². The van der Waals surface area contributed by atoms with Crippen molar-refractivity contribution in [3.8, 4) is 0 Å². The highest BCUT2D eigenvalue weighted by Gasteiger charge is 2.30. The molecule has 0 amide bonds. The van der Waals surface area contributed by atoms with Crippen molar-refractivity contribution in [3.63, 3.8) is 0 Å². The Kier molecular flexibility index (Phi) is 3.39. The average molecular weight is 252 g/mol. The van der Waals surface area contributed by atoms with Gasteiger partial charge in [-0.2, -0.15) is 12.7 Å². The van der Waals surface area contributed by atoms with E-state index in [0.717, 1.165) is 4.31 Å².